The summed E-state index contributed by atoms with van der Waals surface area (Å²) in [6.07, 6.45) is 1.21. The molecule has 18 heavy (non-hydrogen) atoms. The predicted molar refractivity (Wildman–Crippen MR) is 70.3 cm³/mol. The van der Waals surface area contributed by atoms with Crippen LogP contribution >= 0.6 is 0 Å². The molecule has 0 aromatic carbocycles. The number of rotatable bonds is 10. The molecule has 3 N–H and O–H groups in total. The van der Waals surface area contributed by atoms with Gasteiger partial charge in [0.1, 0.15) is 0 Å². The Bertz CT molecular complexity index is 245. The van der Waals surface area contributed by atoms with Crippen molar-refractivity contribution in [2.75, 3.05) is 33.4 Å². The summed E-state index contributed by atoms with van der Waals surface area (Å²) in [7, 11) is 1.57. The van der Waals surface area contributed by atoms with Crippen molar-refractivity contribution in [3.63, 3.8) is 0 Å². The third kappa shape index (κ3) is 11.3. The Labute approximate surface area is 109 Å². The topological polar surface area (TPSA) is 79.5 Å². The molecule has 0 aliphatic heterocycles. The van der Waals surface area contributed by atoms with Crippen LogP contribution in [0.5, 0.6) is 0 Å². The van der Waals surface area contributed by atoms with Crippen molar-refractivity contribution in [1.29, 1.82) is 0 Å². The molecule has 0 saturated heterocycles. The van der Waals surface area contributed by atoms with Crippen LogP contribution in [-0.2, 0) is 14.3 Å². The van der Waals surface area contributed by atoms with Gasteiger partial charge in [0.2, 0.25) is 11.8 Å². The first-order valence-electron chi connectivity index (χ1n) is 6.32. The molecular weight excluding hydrogens is 234 g/mol. The van der Waals surface area contributed by atoms with Gasteiger partial charge in [-0.1, -0.05) is 13.8 Å². The maximum absolute atomic E-state index is 11.4. The molecule has 0 aliphatic carbocycles. The van der Waals surface area contributed by atoms with Gasteiger partial charge in [-0.15, -0.1) is 0 Å². The minimum absolute atomic E-state index is 0.0279. The van der Waals surface area contributed by atoms with E-state index in [9.17, 15) is 9.59 Å². The molecule has 6 nitrogen and oxygen atoms in total. The van der Waals surface area contributed by atoms with Crippen molar-refractivity contribution in [3.05, 3.63) is 0 Å². The highest BCUT2D eigenvalue weighted by Gasteiger charge is 2.04. The predicted octanol–water partition coefficient (Wildman–Crippen LogP) is -0.357. The highest BCUT2D eigenvalue weighted by atomic mass is 16.5. The molecule has 0 aromatic heterocycles. The quantitative estimate of drug-likeness (QED) is 0.468. The number of amides is 2. The van der Waals surface area contributed by atoms with Crippen LogP contribution in [-0.4, -0.2) is 51.2 Å². The fraction of sp³-hybridized carbons (Fsp3) is 0.833. The Morgan fingerprint density at radius 2 is 1.83 bits per heavy atom. The van der Waals surface area contributed by atoms with Gasteiger partial charge in [-0.2, -0.15) is 0 Å². The average molecular weight is 259 g/mol. The van der Waals surface area contributed by atoms with Gasteiger partial charge >= 0.3 is 0 Å². The number of hydrogen-bond donors (Lipinski definition) is 3. The van der Waals surface area contributed by atoms with Crippen molar-refractivity contribution in [2.45, 2.75) is 32.7 Å². The highest BCUT2D eigenvalue weighted by molar-refractivity contribution is 5.84. The maximum Gasteiger partial charge on any atom is 0.239 e. The van der Waals surface area contributed by atoms with E-state index in [-0.39, 0.29) is 18.4 Å². The van der Waals surface area contributed by atoms with Gasteiger partial charge in [-0.25, -0.2) is 0 Å². The summed E-state index contributed by atoms with van der Waals surface area (Å²) >= 11 is 0. The molecular formula is C12H25N3O3. The zero-order valence-electron chi connectivity index (χ0n) is 11.5. The van der Waals surface area contributed by atoms with E-state index in [1.807, 2.05) is 0 Å². The minimum Gasteiger partial charge on any atom is -0.383 e. The van der Waals surface area contributed by atoms with Crippen molar-refractivity contribution < 1.29 is 14.3 Å². The first kappa shape index (κ1) is 16.9. The molecule has 2 amide bonds. The lowest BCUT2D eigenvalue weighted by Gasteiger charge is -2.08. The molecule has 0 heterocycles. The monoisotopic (exact) mass is 259 g/mol. The Morgan fingerprint density at radius 1 is 1.11 bits per heavy atom. The fourth-order valence-corrected chi connectivity index (χ4v) is 1.26. The molecule has 0 bridgehead atoms. The molecule has 106 valence electrons. The van der Waals surface area contributed by atoms with Crippen LogP contribution in [0.4, 0.5) is 0 Å². The van der Waals surface area contributed by atoms with Crippen LogP contribution in [0.3, 0.4) is 0 Å². The lowest BCUT2D eigenvalue weighted by molar-refractivity contribution is -0.126. The second-order valence-electron chi connectivity index (χ2n) is 4.33. The van der Waals surface area contributed by atoms with Crippen LogP contribution in [0.2, 0.25) is 0 Å². The zero-order valence-corrected chi connectivity index (χ0v) is 11.5. The largest absolute Gasteiger partial charge is 0.383 e. The molecule has 0 atom stereocenters. The molecule has 0 saturated carbocycles. The third-order valence-corrected chi connectivity index (χ3v) is 2.21. The van der Waals surface area contributed by atoms with Crippen LogP contribution in [0.1, 0.15) is 26.7 Å². The second-order valence-corrected chi connectivity index (χ2v) is 4.33. The summed E-state index contributed by atoms with van der Waals surface area (Å²) in [5.74, 6) is -0.289. The van der Waals surface area contributed by atoms with Crippen molar-refractivity contribution >= 4 is 11.8 Å². The maximum atomic E-state index is 11.4. The summed E-state index contributed by atoms with van der Waals surface area (Å²) in [4.78, 5) is 22.6. The van der Waals surface area contributed by atoms with E-state index in [0.717, 1.165) is 13.0 Å². The second kappa shape index (κ2) is 11.0. The Balaban J connectivity index is 3.43. The van der Waals surface area contributed by atoms with Gasteiger partial charge in [-0.3, -0.25) is 9.59 Å². The average Bonchev–Trinajstić information content (AvgIpc) is 2.32. The summed E-state index contributed by atoms with van der Waals surface area (Å²) in [5, 5.41) is 8.43. The highest BCUT2D eigenvalue weighted by Crippen LogP contribution is 1.88. The number of hydrogen-bond acceptors (Lipinski definition) is 4. The van der Waals surface area contributed by atoms with E-state index in [4.69, 9.17) is 4.74 Å². The number of carbonyl (C=O) groups is 2. The Hall–Kier alpha value is -1.14. The zero-order chi connectivity index (χ0) is 13.8. The molecule has 0 radical (unpaired) electrons. The number of ether oxygens (including phenoxy) is 1. The SMILES string of the molecule is COCCNC(=O)CNC(=O)CCCNC(C)C. The van der Waals surface area contributed by atoms with Gasteiger partial charge < -0.3 is 20.7 Å². The molecule has 0 rings (SSSR count). The van der Waals surface area contributed by atoms with E-state index >= 15 is 0 Å². The standard InChI is InChI=1S/C12H25N3O3/c1-10(2)13-6-4-5-11(16)15-9-12(17)14-7-8-18-3/h10,13H,4-9H2,1-3H3,(H,14,17)(H,15,16). The summed E-state index contributed by atoms with van der Waals surface area (Å²) < 4.78 is 4.79. The number of carbonyl (C=O) groups excluding carboxylic acids is 2. The molecule has 0 unspecified atom stereocenters. The summed E-state index contributed by atoms with van der Waals surface area (Å²) in [6.45, 7) is 5.89. The molecule has 0 aromatic rings. The smallest absolute Gasteiger partial charge is 0.239 e. The Kier molecular flexibility index (Phi) is 10.3. The minimum atomic E-state index is -0.194. The molecule has 0 fully saturated rings. The molecule has 0 spiro atoms. The third-order valence-electron chi connectivity index (χ3n) is 2.21. The fourth-order valence-electron chi connectivity index (χ4n) is 1.26. The van der Waals surface area contributed by atoms with Crippen LogP contribution in [0.15, 0.2) is 0 Å². The van der Waals surface area contributed by atoms with Crippen LogP contribution in [0.25, 0.3) is 0 Å². The number of methoxy groups -OCH3 is 1. The number of nitrogens with one attached hydrogen (secondary N) is 3. The van der Waals surface area contributed by atoms with Gasteiger partial charge in [0.05, 0.1) is 13.2 Å². The van der Waals surface area contributed by atoms with Crippen molar-refractivity contribution in [2.24, 2.45) is 0 Å². The molecule has 0 aliphatic rings. The van der Waals surface area contributed by atoms with E-state index < -0.39 is 0 Å². The van der Waals surface area contributed by atoms with E-state index in [0.29, 0.717) is 25.6 Å². The normalized spacial score (nSPS) is 10.4. The van der Waals surface area contributed by atoms with Gasteiger partial charge in [0, 0.05) is 26.1 Å². The lowest BCUT2D eigenvalue weighted by Crippen LogP contribution is -2.38. The van der Waals surface area contributed by atoms with Gasteiger partial charge in [-0.05, 0) is 13.0 Å². The van der Waals surface area contributed by atoms with Crippen LogP contribution < -0.4 is 16.0 Å². The van der Waals surface area contributed by atoms with E-state index in [1.165, 1.54) is 0 Å². The Morgan fingerprint density at radius 3 is 2.44 bits per heavy atom. The van der Waals surface area contributed by atoms with Crippen molar-refractivity contribution in [3.8, 4) is 0 Å². The van der Waals surface area contributed by atoms with Gasteiger partial charge in [0.15, 0.2) is 0 Å². The summed E-state index contributed by atoms with van der Waals surface area (Å²) in [5.41, 5.74) is 0. The first-order valence-corrected chi connectivity index (χ1v) is 6.32. The van der Waals surface area contributed by atoms with E-state index in [2.05, 4.69) is 29.8 Å². The van der Waals surface area contributed by atoms with Crippen molar-refractivity contribution in [1.82, 2.24) is 16.0 Å². The van der Waals surface area contributed by atoms with Crippen LogP contribution in [0, 0.1) is 0 Å². The first-order chi connectivity index (χ1) is 8.56. The molecule has 6 heteroatoms. The van der Waals surface area contributed by atoms with Gasteiger partial charge in [0.25, 0.3) is 0 Å². The van der Waals surface area contributed by atoms with E-state index in [1.54, 1.807) is 7.11 Å². The summed E-state index contributed by atoms with van der Waals surface area (Å²) in [6, 6.07) is 0.430. The lowest BCUT2D eigenvalue weighted by atomic mass is 10.2.